The number of fused-ring (bicyclic) bond motifs is 1. The zero-order valence-electron chi connectivity index (χ0n) is 16.4. The minimum Gasteiger partial charge on any atom is -0.394 e. The summed E-state index contributed by atoms with van der Waals surface area (Å²) in [6.07, 6.45) is 15.8. The molecule has 1 saturated heterocycles. The van der Waals surface area contributed by atoms with Crippen molar-refractivity contribution in [3.8, 4) is 0 Å². The Labute approximate surface area is 151 Å². The van der Waals surface area contributed by atoms with Crippen LogP contribution in [0.5, 0.6) is 0 Å². The molecule has 24 heavy (non-hydrogen) atoms. The molecule has 142 valence electrons. The van der Waals surface area contributed by atoms with Gasteiger partial charge in [-0.05, 0) is 50.6 Å². The third-order valence-electron chi connectivity index (χ3n) is 5.58. The fourth-order valence-corrected chi connectivity index (χ4v) is 6.52. The molecule has 0 spiro atoms. The topological polar surface area (TPSA) is 31.0 Å². The quantitative estimate of drug-likeness (QED) is 0.223. The molecule has 1 aliphatic carbocycles. The monoisotopic (exact) mass is 356 g/mol. The van der Waals surface area contributed by atoms with E-state index in [-0.39, 0.29) is 0 Å². The smallest absolute Gasteiger partial charge is 0.334 e. The second kappa shape index (κ2) is 10.9. The van der Waals surface area contributed by atoms with E-state index in [4.69, 9.17) is 13.6 Å². The summed E-state index contributed by atoms with van der Waals surface area (Å²) in [5.74, 6) is 0.953. The lowest BCUT2D eigenvalue weighted by Crippen LogP contribution is -2.39. The van der Waals surface area contributed by atoms with Crippen LogP contribution in [0.4, 0.5) is 0 Å². The Morgan fingerprint density at radius 1 is 0.875 bits per heavy atom. The number of hydrogen-bond acceptors (Lipinski definition) is 3. The summed E-state index contributed by atoms with van der Waals surface area (Å²) < 4.78 is 17.8. The number of rotatable bonds is 14. The van der Waals surface area contributed by atoms with Crippen molar-refractivity contribution in [3.05, 3.63) is 0 Å². The Morgan fingerprint density at radius 2 is 1.54 bits per heavy atom. The SMILES string of the molecule is CCCO[Si](C)(CCCCCCCC1CCC2OC2C1)OCCC. The predicted molar refractivity (Wildman–Crippen MR) is 103 cm³/mol. The normalized spacial score (nSPS) is 26.4. The van der Waals surface area contributed by atoms with Gasteiger partial charge in [0.1, 0.15) is 0 Å². The highest BCUT2D eigenvalue weighted by molar-refractivity contribution is 6.66. The maximum absolute atomic E-state index is 6.11. The summed E-state index contributed by atoms with van der Waals surface area (Å²) in [5, 5.41) is 0. The minimum atomic E-state index is -1.90. The Kier molecular flexibility index (Phi) is 9.31. The molecule has 0 aromatic heterocycles. The van der Waals surface area contributed by atoms with E-state index in [2.05, 4.69) is 20.4 Å². The number of epoxide rings is 1. The standard InChI is InChI=1S/C20H40O3Si/c1-4-14-21-24(3,22-15-5-2)16-10-8-6-7-9-11-18-12-13-19-20(17-18)23-19/h18-20H,4-17H2,1-3H3. The van der Waals surface area contributed by atoms with Crippen molar-refractivity contribution in [1.82, 2.24) is 0 Å². The van der Waals surface area contributed by atoms with Gasteiger partial charge in [-0.3, -0.25) is 0 Å². The van der Waals surface area contributed by atoms with Crippen molar-refractivity contribution in [1.29, 1.82) is 0 Å². The molecule has 0 bridgehead atoms. The lowest BCUT2D eigenvalue weighted by atomic mass is 9.85. The molecule has 3 atom stereocenters. The van der Waals surface area contributed by atoms with Gasteiger partial charge < -0.3 is 13.6 Å². The molecular formula is C20H40O3Si. The molecule has 4 heteroatoms. The molecule has 1 saturated carbocycles. The molecule has 0 aromatic carbocycles. The summed E-state index contributed by atoms with van der Waals surface area (Å²) in [5.41, 5.74) is 0. The summed E-state index contributed by atoms with van der Waals surface area (Å²) in [7, 11) is -1.90. The van der Waals surface area contributed by atoms with E-state index >= 15 is 0 Å². The van der Waals surface area contributed by atoms with Crippen molar-refractivity contribution >= 4 is 8.56 Å². The molecule has 2 fully saturated rings. The van der Waals surface area contributed by atoms with Crippen LogP contribution in [0.15, 0.2) is 0 Å². The van der Waals surface area contributed by atoms with Gasteiger partial charge in [-0.1, -0.05) is 52.4 Å². The van der Waals surface area contributed by atoms with Crippen molar-refractivity contribution in [2.75, 3.05) is 13.2 Å². The van der Waals surface area contributed by atoms with Gasteiger partial charge in [0, 0.05) is 13.2 Å². The largest absolute Gasteiger partial charge is 0.394 e. The molecule has 1 aliphatic heterocycles. The van der Waals surface area contributed by atoms with Crippen LogP contribution in [0.1, 0.15) is 84.5 Å². The fourth-order valence-electron chi connectivity index (χ4n) is 3.98. The lowest BCUT2D eigenvalue weighted by Gasteiger charge is -2.27. The molecule has 3 unspecified atom stereocenters. The van der Waals surface area contributed by atoms with Crippen molar-refractivity contribution in [2.45, 2.75) is 109 Å². The zero-order chi connectivity index (χ0) is 17.3. The van der Waals surface area contributed by atoms with Gasteiger partial charge in [0.2, 0.25) is 0 Å². The van der Waals surface area contributed by atoms with E-state index in [1.54, 1.807) is 0 Å². The van der Waals surface area contributed by atoms with E-state index < -0.39 is 8.56 Å². The number of unbranched alkanes of at least 4 members (excludes halogenated alkanes) is 4. The molecule has 1 heterocycles. The van der Waals surface area contributed by atoms with Gasteiger partial charge >= 0.3 is 8.56 Å². The van der Waals surface area contributed by atoms with Crippen LogP contribution < -0.4 is 0 Å². The van der Waals surface area contributed by atoms with Gasteiger partial charge in [-0.15, -0.1) is 0 Å². The summed E-state index contributed by atoms with van der Waals surface area (Å²) >= 11 is 0. The van der Waals surface area contributed by atoms with E-state index in [1.165, 1.54) is 57.8 Å². The zero-order valence-corrected chi connectivity index (χ0v) is 17.4. The van der Waals surface area contributed by atoms with Crippen molar-refractivity contribution < 1.29 is 13.6 Å². The van der Waals surface area contributed by atoms with Gasteiger partial charge in [-0.25, -0.2) is 0 Å². The first-order valence-electron chi connectivity index (χ1n) is 10.6. The molecular weight excluding hydrogens is 316 g/mol. The van der Waals surface area contributed by atoms with Gasteiger partial charge in [0.25, 0.3) is 0 Å². The Bertz CT molecular complexity index is 329. The molecule has 0 radical (unpaired) electrons. The highest BCUT2D eigenvalue weighted by Gasteiger charge is 2.43. The first kappa shape index (κ1) is 20.4. The van der Waals surface area contributed by atoms with Gasteiger partial charge in [0.15, 0.2) is 0 Å². The first-order valence-corrected chi connectivity index (χ1v) is 13.1. The number of ether oxygens (including phenoxy) is 1. The third kappa shape index (κ3) is 7.55. The summed E-state index contributed by atoms with van der Waals surface area (Å²) in [4.78, 5) is 0. The second-order valence-corrected chi connectivity index (χ2v) is 11.4. The maximum atomic E-state index is 6.11. The molecule has 2 rings (SSSR count). The summed E-state index contributed by atoms with van der Waals surface area (Å²) in [6.45, 7) is 8.33. The van der Waals surface area contributed by atoms with Crippen LogP contribution in [0.3, 0.4) is 0 Å². The van der Waals surface area contributed by atoms with Crippen LogP contribution in [-0.4, -0.2) is 34.0 Å². The van der Waals surface area contributed by atoms with E-state index in [0.717, 1.165) is 38.0 Å². The average molecular weight is 357 g/mol. The Morgan fingerprint density at radius 3 is 2.21 bits per heavy atom. The Balaban J connectivity index is 1.47. The van der Waals surface area contributed by atoms with Crippen LogP contribution >= 0.6 is 0 Å². The van der Waals surface area contributed by atoms with Gasteiger partial charge in [-0.2, -0.15) is 0 Å². The molecule has 3 nitrogen and oxygen atoms in total. The van der Waals surface area contributed by atoms with Crippen molar-refractivity contribution in [2.24, 2.45) is 5.92 Å². The Hall–Kier alpha value is 0.0969. The highest BCUT2D eigenvalue weighted by Crippen LogP contribution is 2.41. The second-order valence-electron chi connectivity index (χ2n) is 8.03. The van der Waals surface area contributed by atoms with Crippen molar-refractivity contribution in [3.63, 3.8) is 0 Å². The minimum absolute atomic E-state index is 0.651. The predicted octanol–water partition coefficient (Wildman–Crippen LogP) is 5.82. The van der Waals surface area contributed by atoms with E-state index in [9.17, 15) is 0 Å². The molecule has 0 amide bonds. The van der Waals surface area contributed by atoms with Crippen LogP contribution in [0, 0.1) is 5.92 Å². The molecule has 2 aliphatic rings. The summed E-state index contributed by atoms with van der Waals surface area (Å²) in [6, 6.07) is 1.16. The van der Waals surface area contributed by atoms with E-state index in [1.807, 2.05) is 0 Å². The van der Waals surface area contributed by atoms with Crippen LogP contribution in [0.2, 0.25) is 12.6 Å². The molecule has 0 N–H and O–H groups in total. The maximum Gasteiger partial charge on any atom is 0.334 e. The lowest BCUT2D eigenvalue weighted by molar-refractivity contribution is 0.172. The third-order valence-corrected chi connectivity index (χ3v) is 8.47. The highest BCUT2D eigenvalue weighted by atomic mass is 28.4. The van der Waals surface area contributed by atoms with E-state index in [0.29, 0.717) is 12.2 Å². The van der Waals surface area contributed by atoms with Crippen LogP contribution in [-0.2, 0) is 13.6 Å². The van der Waals surface area contributed by atoms with Gasteiger partial charge in [0.05, 0.1) is 12.2 Å². The van der Waals surface area contributed by atoms with Crippen LogP contribution in [0.25, 0.3) is 0 Å². The fraction of sp³-hybridized carbons (Fsp3) is 1.00. The number of hydrogen-bond donors (Lipinski definition) is 0. The first-order chi connectivity index (χ1) is 11.7. The average Bonchev–Trinajstić information content (AvgIpc) is 3.36. The molecule has 0 aromatic rings.